The van der Waals surface area contributed by atoms with Gasteiger partial charge in [-0.1, -0.05) is 38.0 Å². The Labute approximate surface area is 121 Å². The lowest BCUT2D eigenvalue weighted by Gasteiger charge is -1.98. The molecule has 0 amide bonds. The molecule has 0 aliphatic carbocycles. The maximum absolute atomic E-state index is 11.0. The molecule has 4 nitrogen and oxygen atoms in total. The highest BCUT2D eigenvalue weighted by atomic mass is 16.7. The van der Waals surface area contributed by atoms with Crippen LogP contribution in [0.1, 0.15) is 44.9 Å². The lowest BCUT2D eigenvalue weighted by molar-refractivity contribution is -0.114. The molecule has 0 aliphatic rings. The molecule has 0 unspecified atom stereocenters. The van der Waals surface area contributed by atoms with Gasteiger partial charge in [-0.05, 0) is 31.4 Å². The van der Waals surface area contributed by atoms with Gasteiger partial charge in [0.25, 0.3) is 0 Å². The van der Waals surface area contributed by atoms with Crippen molar-refractivity contribution in [1.82, 2.24) is 0 Å². The predicted molar refractivity (Wildman–Crippen MR) is 79.3 cm³/mol. The average molecular weight is 280 g/mol. The molecule has 0 saturated heterocycles. The molecule has 0 atom stereocenters. The largest absolute Gasteiger partial charge is 0.512 e. The van der Waals surface area contributed by atoms with Gasteiger partial charge in [0.1, 0.15) is 0 Å². The third kappa shape index (κ3) is 12.6. The molecular formula is C16H24O4. The van der Waals surface area contributed by atoms with Crippen LogP contribution >= 0.6 is 0 Å². The van der Waals surface area contributed by atoms with Gasteiger partial charge in [0.2, 0.25) is 0 Å². The molecular weight excluding hydrogens is 256 g/mol. The second-order valence-electron chi connectivity index (χ2n) is 4.31. The Morgan fingerprint density at radius 3 is 2.45 bits per heavy atom. The number of allylic oxidation sites excluding steroid dienone is 4. The quantitative estimate of drug-likeness (QED) is 0.186. The van der Waals surface area contributed by atoms with E-state index >= 15 is 0 Å². The van der Waals surface area contributed by atoms with Crippen LogP contribution in [-0.2, 0) is 14.3 Å². The number of methoxy groups -OCH3 is 1. The summed E-state index contributed by atoms with van der Waals surface area (Å²) in [6.07, 6.45) is 14.6. The number of hydrogen-bond donors (Lipinski definition) is 0. The van der Waals surface area contributed by atoms with Crippen molar-refractivity contribution < 1.29 is 19.1 Å². The summed E-state index contributed by atoms with van der Waals surface area (Å²) in [5.74, 6) is 0.133. The Kier molecular flexibility index (Phi) is 12.3. The first kappa shape index (κ1) is 18.2. The number of ether oxygens (including phenoxy) is 2. The van der Waals surface area contributed by atoms with E-state index in [1.165, 1.54) is 19.4 Å². The number of ketones is 1. The summed E-state index contributed by atoms with van der Waals surface area (Å²) in [6, 6.07) is 0. The fourth-order valence-electron chi connectivity index (χ4n) is 1.56. The molecule has 0 heterocycles. The van der Waals surface area contributed by atoms with Gasteiger partial charge in [-0.25, -0.2) is 4.79 Å². The van der Waals surface area contributed by atoms with E-state index in [1.807, 2.05) is 12.2 Å². The van der Waals surface area contributed by atoms with Crippen molar-refractivity contribution in [3.63, 3.8) is 0 Å². The normalized spacial score (nSPS) is 10.8. The number of hydrogen-bond acceptors (Lipinski definition) is 4. The fraction of sp³-hybridized carbons (Fsp3) is 0.500. The van der Waals surface area contributed by atoms with Crippen molar-refractivity contribution in [2.45, 2.75) is 44.9 Å². The van der Waals surface area contributed by atoms with E-state index in [0.29, 0.717) is 6.42 Å². The zero-order valence-electron chi connectivity index (χ0n) is 12.2. The van der Waals surface area contributed by atoms with Gasteiger partial charge < -0.3 is 9.47 Å². The zero-order chi connectivity index (χ0) is 15.1. The molecule has 0 spiro atoms. The van der Waals surface area contributed by atoms with Gasteiger partial charge in [0.05, 0.1) is 13.4 Å². The van der Waals surface area contributed by atoms with Crippen molar-refractivity contribution in [1.29, 1.82) is 0 Å². The summed E-state index contributed by atoms with van der Waals surface area (Å²) < 4.78 is 8.87. The molecule has 0 radical (unpaired) electrons. The summed E-state index contributed by atoms with van der Waals surface area (Å²) in [7, 11) is 1.26. The van der Waals surface area contributed by atoms with Crippen LogP contribution in [0.3, 0.4) is 0 Å². The molecule has 0 N–H and O–H groups in total. The Bertz CT molecular complexity index is 342. The Morgan fingerprint density at radius 2 is 1.75 bits per heavy atom. The number of rotatable bonds is 11. The molecule has 112 valence electrons. The van der Waals surface area contributed by atoms with Crippen LogP contribution in [0.15, 0.2) is 37.1 Å². The first-order valence-electron chi connectivity index (χ1n) is 6.92. The minimum atomic E-state index is -0.718. The van der Waals surface area contributed by atoms with E-state index in [2.05, 4.69) is 16.1 Å². The maximum atomic E-state index is 11.0. The number of carbonyl (C=O) groups excluding carboxylic acids is 2. The minimum Gasteiger partial charge on any atom is -0.437 e. The first-order chi connectivity index (χ1) is 9.70. The van der Waals surface area contributed by atoms with E-state index in [0.717, 1.165) is 38.5 Å². The third-order valence-electron chi connectivity index (χ3n) is 2.68. The second kappa shape index (κ2) is 13.6. The van der Waals surface area contributed by atoms with Crippen LogP contribution in [0.25, 0.3) is 0 Å². The highest BCUT2D eigenvalue weighted by Gasteiger charge is 1.95. The van der Waals surface area contributed by atoms with Crippen molar-refractivity contribution in [3.8, 4) is 0 Å². The zero-order valence-corrected chi connectivity index (χ0v) is 12.2. The Balaban J connectivity index is 3.33. The SMILES string of the molecule is C=CC(=O)CCCCCCC/C=C/C=C/OC(=O)OC. The van der Waals surface area contributed by atoms with Crippen LogP contribution < -0.4 is 0 Å². The van der Waals surface area contributed by atoms with Gasteiger partial charge in [-0.15, -0.1) is 0 Å². The second-order valence-corrected chi connectivity index (χ2v) is 4.31. The van der Waals surface area contributed by atoms with Crippen LogP contribution in [0, 0.1) is 0 Å². The minimum absolute atomic E-state index is 0.133. The van der Waals surface area contributed by atoms with Gasteiger partial charge in [0, 0.05) is 6.42 Å². The summed E-state index contributed by atoms with van der Waals surface area (Å²) in [5, 5.41) is 0. The van der Waals surface area contributed by atoms with E-state index in [-0.39, 0.29) is 5.78 Å². The lowest BCUT2D eigenvalue weighted by Crippen LogP contribution is -1.97. The molecule has 0 fully saturated rings. The average Bonchev–Trinajstić information content (AvgIpc) is 2.47. The Morgan fingerprint density at radius 1 is 1.05 bits per heavy atom. The van der Waals surface area contributed by atoms with E-state index in [1.54, 1.807) is 6.08 Å². The van der Waals surface area contributed by atoms with Crippen molar-refractivity contribution in [3.05, 3.63) is 37.1 Å². The summed E-state index contributed by atoms with van der Waals surface area (Å²) in [6.45, 7) is 3.45. The fourth-order valence-corrected chi connectivity index (χ4v) is 1.56. The summed E-state index contributed by atoms with van der Waals surface area (Å²) >= 11 is 0. The lowest BCUT2D eigenvalue weighted by atomic mass is 10.1. The van der Waals surface area contributed by atoms with Gasteiger partial charge in [0.15, 0.2) is 5.78 Å². The van der Waals surface area contributed by atoms with Gasteiger partial charge in [-0.3, -0.25) is 4.79 Å². The van der Waals surface area contributed by atoms with E-state index in [9.17, 15) is 9.59 Å². The van der Waals surface area contributed by atoms with Crippen LogP contribution in [0.5, 0.6) is 0 Å². The molecule has 20 heavy (non-hydrogen) atoms. The molecule has 0 aromatic carbocycles. The molecule has 0 aliphatic heterocycles. The van der Waals surface area contributed by atoms with Crippen molar-refractivity contribution in [2.24, 2.45) is 0 Å². The highest BCUT2D eigenvalue weighted by Crippen LogP contribution is 2.08. The summed E-state index contributed by atoms with van der Waals surface area (Å²) in [4.78, 5) is 21.5. The van der Waals surface area contributed by atoms with Crippen molar-refractivity contribution in [2.75, 3.05) is 7.11 Å². The monoisotopic (exact) mass is 280 g/mol. The summed E-state index contributed by atoms with van der Waals surface area (Å²) in [5.41, 5.74) is 0. The molecule has 0 aromatic rings. The van der Waals surface area contributed by atoms with E-state index < -0.39 is 6.16 Å². The predicted octanol–water partition coefficient (Wildman–Crippen LogP) is 4.33. The molecule has 0 saturated carbocycles. The van der Waals surface area contributed by atoms with Crippen LogP contribution in [0.4, 0.5) is 4.79 Å². The maximum Gasteiger partial charge on any atom is 0.512 e. The van der Waals surface area contributed by atoms with Gasteiger partial charge >= 0.3 is 6.16 Å². The topological polar surface area (TPSA) is 52.6 Å². The number of unbranched alkanes of at least 4 members (excludes halogenated alkanes) is 5. The Hall–Kier alpha value is -1.84. The third-order valence-corrected chi connectivity index (χ3v) is 2.68. The number of carbonyl (C=O) groups is 2. The molecule has 0 aromatic heterocycles. The van der Waals surface area contributed by atoms with E-state index in [4.69, 9.17) is 0 Å². The highest BCUT2D eigenvalue weighted by molar-refractivity contribution is 5.88. The van der Waals surface area contributed by atoms with Crippen LogP contribution in [0.2, 0.25) is 0 Å². The standard InChI is InChI=1S/C16H24O4/c1-3-15(17)13-11-9-7-5-4-6-8-10-12-14-20-16(18)19-2/h3,8,10,12,14H,1,4-7,9,11,13H2,2H3/b10-8+,14-12+. The first-order valence-corrected chi connectivity index (χ1v) is 6.92. The van der Waals surface area contributed by atoms with Gasteiger partial charge in [-0.2, -0.15) is 0 Å². The van der Waals surface area contributed by atoms with Crippen LogP contribution in [-0.4, -0.2) is 19.0 Å². The molecule has 4 heteroatoms. The van der Waals surface area contributed by atoms with Crippen molar-refractivity contribution >= 4 is 11.9 Å². The smallest absolute Gasteiger partial charge is 0.437 e. The molecule has 0 rings (SSSR count). The molecule has 0 bridgehead atoms.